The standard InChI is InChI=1S/C55H33N3OS.C53H31N3OS/c1-3-13-34(14-4-1)35-25-27-37(28-26-35)53-56-54(39-29-30-44-43-19-9-10-24-49(43)59-50(44)33-39)58-55(57-53)40-31-38-17-7-8-18-41(38)48(32-40)47-23-12-22-46-45-21-11-20-42(51(45)60-52(46)47)36-15-5-2-6-16-36;1-2-13-33(14-3-1)40-19-10-20-43-44-21-11-22-45(50(44)58-49(40)43)46-30-38(29-35-16-6-7-17-39(35)46)53-55-51(36-25-24-32-12-4-5-15-34(32)28-36)54-52(56-53)37-26-27-42-41-18-8-9-23-47(41)57-48(42)31-37/h1-33H;1-31H. The van der Waals surface area contributed by atoms with Gasteiger partial charge in [-0.05, 0) is 144 Å². The van der Waals surface area contributed by atoms with E-state index in [1.165, 1.54) is 89.9 Å². The van der Waals surface area contributed by atoms with Crippen molar-refractivity contribution in [2.24, 2.45) is 0 Å². The van der Waals surface area contributed by atoms with Crippen LogP contribution in [0.1, 0.15) is 0 Å². The number of thiophene rings is 2. The Labute approximate surface area is 685 Å². The first-order valence-corrected chi connectivity index (χ1v) is 41.1. The molecule has 0 radical (unpaired) electrons. The van der Waals surface area contributed by atoms with Crippen LogP contribution in [0.2, 0.25) is 0 Å². The molecule has 8 nitrogen and oxygen atoms in total. The summed E-state index contributed by atoms with van der Waals surface area (Å²) in [6, 6.07) is 137. The van der Waals surface area contributed by atoms with Crippen LogP contribution in [-0.4, -0.2) is 29.9 Å². The number of furan rings is 2. The number of nitrogens with zero attached hydrogens (tertiary/aromatic N) is 6. The zero-order chi connectivity index (χ0) is 77.7. The molecule has 18 aromatic carbocycles. The van der Waals surface area contributed by atoms with Gasteiger partial charge in [0.25, 0.3) is 0 Å². The van der Waals surface area contributed by atoms with Crippen LogP contribution in [-0.2, 0) is 0 Å². The molecular weight excluding hydrogens is 1480 g/mol. The molecule has 0 aliphatic carbocycles. The molecule has 6 heterocycles. The minimum absolute atomic E-state index is 0.583. The van der Waals surface area contributed by atoms with Crippen LogP contribution < -0.4 is 0 Å². The lowest BCUT2D eigenvalue weighted by molar-refractivity contribution is 0.668. The van der Waals surface area contributed by atoms with Gasteiger partial charge in [0, 0.05) is 106 Å². The minimum Gasteiger partial charge on any atom is -0.456 e. The van der Waals surface area contributed by atoms with Crippen LogP contribution in [0.25, 0.3) is 241 Å². The van der Waals surface area contributed by atoms with E-state index in [2.05, 4.69) is 346 Å². The molecule has 0 aliphatic heterocycles. The second-order valence-electron chi connectivity index (χ2n) is 29.9. The van der Waals surface area contributed by atoms with E-state index in [0.29, 0.717) is 34.9 Å². The predicted octanol–water partition coefficient (Wildman–Crippen LogP) is 30.1. The summed E-state index contributed by atoms with van der Waals surface area (Å²) in [7, 11) is 0. The van der Waals surface area contributed by atoms with E-state index >= 15 is 0 Å². The maximum Gasteiger partial charge on any atom is 0.164 e. The maximum atomic E-state index is 6.33. The molecule has 0 N–H and O–H groups in total. The van der Waals surface area contributed by atoms with Crippen LogP contribution in [0.5, 0.6) is 0 Å². The van der Waals surface area contributed by atoms with Gasteiger partial charge in [0.15, 0.2) is 34.9 Å². The highest BCUT2D eigenvalue weighted by molar-refractivity contribution is 7.27. The second kappa shape index (κ2) is 28.4. The van der Waals surface area contributed by atoms with Crippen molar-refractivity contribution in [3.8, 4) is 124 Å². The summed E-state index contributed by atoms with van der Waals surface area (Å²) in [5, 5.41) is 16.2. The molecule has 0 saturated heterocycles. The lowest BCUT2D eigenvalue weighted by atomic mass is 9.94. The van der Waals surface area contributed by atoms with E-state index in [1.807, 2.05) is 65.1 Å². The molecule has 118 heavy (non-hydrogen) atoms. The number of rotatable bonds is 11. The van der Waals surface area contributed by atoms with Gasteiger partial charge >= 0.3 is 0 Å². The Bertz CT molecular complexity index is 8130. The Morgan fingerprint density at radius 3 is 0.907 bits per heavy atom. The van der Waals surface area contributed by atoms with Crippen molar-refractivity contribution in [1.29, 1.82) is 0 Å². The lowest BCUT2D eigenvalue weighted by Crippen LogP contribution is -2.00. The summed E-state index contributed by atoms with van der Waals surface area (Å²) in [6.45, 7) is 0. The van der Waals surface area contributed by atoms with Crippen molar-refractivity contribution < 1.29 is 8.83 Å². The molecule has 24 rings (SSSR count). The average Bonchev–Trinajstić information content (AvgIpc) is 1.55. The van der Waals surface area contributed by atoms with E-state index in [0.717, 1.165) is 116 Å². The summed E-state index contributed by atoms with van der Waals surface area (Å²) in [5.74, 6) is 3.61. The molecule has 0 spiro atoms. The van der Waals surface area contributed by atoms with Crippen molar-refractivity contribution in [3.05, 3.63) is 388 Å². The van der Waals surface area contributed by atoms with Gasteiger partial charge in [0.05, 0.1) is 0 Å². The van der Waals surface area contributed by atoms with E-state index < -0.39 is 0 Å². The third kappa shape index (κ3) is 12.0. The zero-order valence-electron chi connectivity index (χ0n) is 63.3. The topological polar surface area (TPSA) is 104 Å². The molecule has 550 valence electrons. The summed E-state index contributed by atoms with van der Waals surface area (Å²) in [4.78, 5) is 31.3. The Morgan fingerprint density at radius 2 is 0.449 bits per heavy atom. The number of benzene rings is 18. The number of fused-ring (bicyclic) bond motifs is 15. The molecular formula is C108H64N6O2S2. The SMILES string of the molecule is c1ccc(-c2ccc(-c3nc(-c4cc(-c5cccc6c5sc5c(-c7ccccc7)cccc56)c5ccccc5c4)nc(-c4ccc5c(c4)oc4ccccc45)n3)cc2)cc1.c1ccc(-c2cccc3c2sc2c(-c4cc(-c5nc(-c6ccc7ccccc7c6)nc(-c6ccc7c(c6)oc6ccccc67)n5)cc5ccccc45)cccc23)cc1. The first-order chi connectivity index (χ1) is 58.4. The fourth-order valence-electron chi connectivity index (χ4n) is 17.1. The molecule has 0 aliphatic rings. The van der Waals surface area contributed by atoms with Crippen molar-refractivity contribution in [1.82, 2.24) is 29.9 Å². The summed E-state index contributed by atoms with van der Waals surface area (Å²) in [5.41, 5.74) is 20.6. The summed E-state index contributed by atoms with van der Waals surface area (Å²) in [6.07, 6.45) is 0. The predicted molar refractivity (Wildman–Crippen MR) is 492 cm³/mol. The monoisotopic (exact) mass is 1540 g/mol. The highest BCUT2D eigenvalue weighted by Gasteiger charge is 2.24. The summed E-state index contributed by atoms with van der Waals surface area (Å²) >= 11 is 3.73. The minimum atomic E-state index is 0.583. The van der Waals surface area contributed by atoms with Gasteiger partial charge in [-0.2, -0.15) is 0 Å². The fourth-order valence-corrected chi connectivity index (χ4v) is 19.8. The van der Waals surface area contributed by atoms with Crippen molar-refractivity contribution in [2.45, 2.75) is 0 Å². The molecule has 0 amide bonds. The van der Waals surface area contributed by atoms with E-state index in [9.17, 15) is 0 Å². The zero-order valence-corrected chi connectivity index (χ0v) is 64.9. The maximum absolute atomic E-state index is 6.33. The highest BCUT2D eigenvalue weighted by Crippen LogP contribution is 2.49. The van der Waals surface area contributed by atoms with Crippen LogP contribution in [0.4, 0.5) is 0 Å². The van der Waals surface area contributed by atoms with Gasteiger partial charge in [0.2, 0.25) is 0 Å². The number of hydrogen-bond donors (Lipinski definition) is 0. The average molecular weight is 1540 g/mol. The van der Waals surface area contributed by atoms with E-state index in [4.69, 9.17) is 38.7 Å². The van der Waals surface area contributed by atoms with Crippen molar-refractivity contribution in [3.63, 3.8) is 0 Å². The highest BCUT2D eigenvalue weighted by atomic mass is 32.1. The molecule has 24 aromatic rings. The molecule has 0 fully saturated rings. The van der Waals surface area contributed by atoms with Gasteiger partial charge in [-0.15, -0.1) is 22.7 Å². The van der Waals surface area contributed by atoms with Crippen LogP contribution in [0.15, 0.2) is 397 Å². The molecule has 10 heteroatoms. The quantitative estimate of drug-likeness (QED) is 0.126. The molecule has 0 bridgehead atoms. The molecule has 0 unspecified atom stereocenters. The Hall–Kier alpha value is -15.2. The number of para-hydroxylation sites is 2. The van der Waals surface area contributed by atoms with Crippen molar-refractivity contribution in [2.75, 3.05) is 0 Å². The Kier molecular flexibility index (Phi) is 16.5. The number of hydrogen-bond acceptors (Lipinski definition) is 10. The molecule has 6 aromatic heterocycles. The largest absolute Gasteiger partial charge is 0.456 e. The van der Waals surface area contributed by atoms with Crippen molar-refractivity contribution >= 4 is 139 Å². The molecule has 0 atom stereocenters. The van der Waals surface area contributed by atoms with Gasteiger partial charge in [0.1, 0.15) is 22.3 Å². The van der Waals surface area contributed by atoms with Gasteiger partial charge in [-0.1, -0.05) is 322 Å². The van der Waals surface area contributed by atoms with Gasteiger partial charge in [-0.25, -0.2) is 29.9 Å². The third-order valence-corrected chi connectivity index (χ3v) is 25.4. The first-order valence-electron chi connectivity index (χ1n) is 39.5. The normalized spacial score (nSPS) is 11.7. The van der Waals surface area contributed by atoms with Crippen LogP contribution in [0.3, 0.4) is 0 Å². The second-order valence-corrected chi connectivity index (χ2v) is 31.9. The Balaban J connectivity index is 0.000000138. The van der Waals surface area contributed by atoms with Gasteiger partial charge < -0.3 is 8.83 Å². The van der Waals surface area contributed by atoms with E-state index in [-0.39, 0.29) is 0 Å². The fraction of sp³-hybridized carbons (Fsp3) is 0. The third-order valence-electron chi connectivity index (χ3n) is 22.8. The van der Waals surface area contributed by atoms with E-state index in [1.54, 1.807) is 0 Å². The van der Waals surface area contributed by atoms with Crippen LogP contribution in [0, 0.1) is 0 Å². The first kappa shape index (κ1) is 68.4. The number of aromatic nitrogens is 6. The van der Waals surface area contributed by atoms with Crippen LogP contribution >= 0.6 is 22.7 Å². The summed E-state index contributed by atoms with van der Waals surface area (Å²) < 4.78 is 17.8. The lowest BCUT2D eigenvalue weighted by Gasteiger charge is -2.13. The Morgan fingerprint density at radius 1 is 0.153 bits per heavy atom. The molecule has 0 saturated carbocycles. The van der Waals surface area contributed by atoms with Gasteiger partial charge in [-0.3, -0.25) is 0 Å². The smallest absolute Gasteiger partial charge is 0.164 e.